The maximum absolute atomic E-state index is 5.74. The summed E-state index contributed by atoms with van der Waals surface area (Å²) in [5.74, 6) is 1.60. The van der Waals surface area contributed by atoms with E-state index in [1.165, 1.54) is 0 Å². The van der Waals surface area contributed by atoms with Gasteiger partial charge in [-0.25, -0.2) is 9.67 Å². The van der Waals surface area contributed by atoms with E-state index >= 15 is 0 Å². The van der Waals surface area contributed by atoms with E-state index in [-0.39, 0.29) is 0 Å². The van der Waals surface area contributed by atoms with Crippen LogP contribution in [-0.2, 0) is 6.61 Å². The minimum Gasteiger partial charge on any atom is -0.489 e. The number of rotatable bonds is 4. The molecule has 3 rings (SSSR count). The number of benzene rings is 2. The third kappa shape index (κ3) is 2.85. The second kappa shape index (κ2) is 5.57. The molecular weight excluding hydrogens is 250 g/mol. The predicted octanol–water partition coefficient (Wildman–Crippen LogP) is 3.15. The molecule has 4 nitrogen and oxygen atoms in total. The molecule has 3 aromatic rings. The predicted molar refractivity (Wildman–Crippen MR) is 76.9 cm³/mol. The summed E-state index contributed by atoms with van der Waals surface area (Å²) in [6.45, 7) is 2.44. The van der Waals surface area contributed by atoms with Gasteiger partial charge in [0.15, 0.2) is 0 Å². The van der Waals surface area contributed by atoms with E-state index in [1.54, 1.807) is 11.0 Å². The Labute approximate surface area is 117 Å². The van der Waals surface area contributed by atoms with Crippen LogP contribution in [0.3, 0.4) is 0 Å². The largest absolute Gasteiger partial charge is 0.489 e. The van der Waals surface area contributed by atoms with Gasteiger partial charge in [-0.05, 0) is 36.8 Å². The van der Waals surface area contributed by atoms with Crippen LogP contribution >= 0.6 is 0 Å². The molecule has 0 radical (unpaired) electrons. The van der Waals surface area contributed by atoms with Crippen LogP contribution in [0.15, 0.2) is 60.9 Å². The molecular formula is C16H15N3O. The van der Waals surface area contributed by atoms with Gasteiger partial charge >= 0.3 is 0 Å². The van der Waals surface area contributed by atoms with Crippen molar-refractivity contribution in [2.75, 3.05) is 0 Å². The third-order valence-electron chi connectivity index (χ3n) is 2.96. The Morgan fingerprint density at radius 2 is 1.75 bits per heavy atom. The number of aromatic nitrogens is 3. The Bertz CT molecular complexity index is 674. The van der Waals surface area contributed by atoms with Gasteiger partial charge in [0.1, 0.15) is 24.5 Å². The summed E-state index contributed by atoms with van der Waals surface area (Å²) in [6.07, 6.45) is 1.70. The molecule has 0 N–H and O–H groups in total. The number of nitrogens with zero attached hydrogens (tertiary/aromatic N) is 3. The molecule has 20 heavy (non-hydrogen) atoms. The molecule has 0 unspecified atom stereocenters. The van der Waals surface area contributed by atoms with Gasteiger partial charge in [0.25, 0.3) is 0 Å². The Morgan fingerprint density at radius 1 is 1.00 bits per heavy atom. The minimum atomic E-state index is 0.572. The minimum absolute atomic E-state index is 0.572. The summed E-state index contributed by atoms with van der Waals surface area (Å²) < 4.78 is 7.49. The molecule has 0 aliphatic rings. The lowest BCUT2D eigenvalue weighted by Gasteiger charge is -2.07. The highest BCUT2D eigenvalue weighted by molar-refractivity contribution is 5.36. The van der Waals surface area contributed by atoms with Crippen molar-refractivity contribution in [3.63, 3.8) is 0 Å². The monoisotopic (exact) mass is 265 g/mol. The van der Waals surface area contributed by atoms with Gasteiger partial charge in [-0.1, -0.05) is 30.3 Å². The number of aryl methyl sites for hydroxylation is 1. The first-order chi connectivity index (χ1) is 9.81. The van der Waals surface area contributed by atoms with E-state index in [4.69, 9.17) is 4.74 Å². The molecule has 0 spiro atoms. The van der Waals surface area contributed by atoms with Crippen LogP contribution in [0, 0.1) is 6.92 Å². The maximum Gasteiger partial charge on any atom is 0.147 e. The zero-order valence-electron chi connectivity index (χ0n) is 11.2. The van der Waals surface area contributed by atoms with Crippen LogP contribution in [0.1, 0.15) is 11.4 Å². The maximum atomic E-state index is 5.74. The summed E-state index contributed by atoms with van der Waals surface area (Å²) in [5, 5.41) is 4.27. The molecule has 0 aliphatic carbocycles. The van der Waals surface area contributed by atoms with Gasteiger partial charge in [-0.2, -0.15) is 5.10 Å². The quantitative estimate of drug-likeness (QED) is 0.727. The van der Waals surface area contributed by atoms with Gasteiger partial charge in [0, 0.05) is 0 Å². The van der Waals surface area contributed by atoms with Gasteiger partial charge in [-0.15, -0.1) is 0 Å². The topological polar surface area (TPSA) is 39.9 Å². The Kier molecular flexibility index (Phi) is 3.46. The van der Waals surface area contributed by atoms with E-state index < -0.39 is 0 Å². The van der Waals surface area contributed by atoms with Crippen molar-refractivity contribution in [2.24, 2.45) is 0 Å². The Balaban J connectivity index is 1.67. The van der Waals surface area contributed by atoms with Gasteiger partial charge < -0.3 is 4.74 Å². The van der Waals surface area contributed by atoms with Gasteiger partial charge in [0.2, 0.25) is 0 Å². The zero-order chi connectivity index (χ0) is 13.8. The van der Waals surface area contributed by atoms with E-state index in [1.807, 2.05) is 61.5 Å². The molecule has 1 aromatic heterocycles. The molecule has 0 fully saturated rings. The fourth-order valence-corrected chi connectivity index (χ4v) is 1.91. The molecule has 1 heterocycles. The highest BCUT2D eigenvalue weighted by Crippen LogP contribution is 2.16. The van der Waals surface area contributed by atoms with Crippen LogP contribution in [0.2, 0.25) is 0 Å². The average Bonchev–Trinajstić information content (AvgIpc) is 2.93. The van der Waals surface area contributed by atoms with Crippen molar-refractivity contribution in [3.05, 3.63) is 72.3 Å². The number of hydrogen-bond acceptors (Lipinski definition) is 3. The summed E-state index contributed by atoms with van der Waals surface area (Å²) in [4.78, 5) is 4.11. The molecule has 2 aromatic carbocycles. The van der Waals surface area contributed by atoms with E-state index in [2.05, 4.69) is 10.1 Å². The lowest BCUT2D eigenvalue weighted by molar-refractivity contribution is 0.306. The summed E-state index contributed by atoms with van der Waals surface area (Å²) in [7, 11) is 0. The molecule has 0 amide bonds. The molecule has 0 aliphatic heterocycles. The SMILES string of the molecule is Cc1ncn(-c2ccc(OCc3ccccc3)cc2)n1. The smallest absolute Gasteiger partial charge is 0.147 e. The van der Waals surface area contributed by atoms with Gasteiger partial charge in [0.05, 0.1) is 5.69 Å². The highest BCUT2D eigenvalue weighted by atomic mass is 16.5. The van der Waals surface area contributed by atoms with Crippen molar-refractivity contribution in [1.29, 1.82) is 0 Å². The van der Waals surface area contributed by atoms with Crippen molar-refractivity contribution >= 4 is 0 Å². The molecule has 0 atom stereocenters. The van der Waals surface area contributed by atoms with Crippen LogP contribution in [-0.4, -0.2) is 14.8 Å². The van der Waals surface area contributed by atoms with Crippen LogP contribution < -0.4 is 4.74 Å². The molecule has 0 bridgehead atoms. The lowest BCUT2D eigenvalue weighted by Crippen LogP contribution is -1.97. The average molecular weight is 265 g/mol. The summed E-state index contributed by atoms with van der Waals surface area (Å²) >= 11 is 0. The van der Waals surface area contributed by atoms with Gasteiger partial charge in [-0.3, -0.25) is 0 Å². The van der Waals surface area contributed by atoms with E-state index in [0.29, 0.717) is 6.61 Å². The van der Waals surface area contributed by atoms with Crippen molar-refractivity contribution in [3.8, 4) is 11.4 Å². The summed E-state index contributed by atoms with van der Waals surface area (Å²) in [6, 6.07) is 17.9. The first kappa shape index (κ1) is 12.4. The molecule has 100 valence electrons. The number of hydrogen-bond donors (Lipinski definition) is 0. The molecule has 4 heteroatoms. The van der Waals surface area contributed by atoms with Crippen molar-refractivity contribution < 1.29 is 4.74 Å². The third-order valence-corrected chi connectivity index (χ3v) is 2.96. The molecule has 0 saturated heterocycles. The highest BCUT2D eigenvalue weighted by Gasteiger charge is 2.00. The first-order valence-corrected chi connectivity index (χ1v) is 6.47. The second-order valence-corrected chi connectivity index (χ2v) is 4.50. The summed E-state index contributed by atoms with van der Waals surface area (Å²) in [5.41, 5.74) is 2.13. The molecule has 0 saturated carbocycles. The Morgan fingerprint density at radius 3 is 2.40 bits per heavy atom. The fraction of sp³-hybridized carbons (Fsp3) is 0.125. The standard InChI is InChI=1S/C16H15N3O/c1-13-17-12-19(18-13)15-7-9-16(10-8-15)20-11-14-5-3-2-4-6-14/h2-10,12H,11H2,1H3. The normalized spacial score (nSPS) is 10.4. The van der Waals surface area contributed by atoms with E-state index in [0.717, 1.165) is 22.8 Å². The van der Waals surface area contributed by atoms with Crippen molar-refractivity contribution in [2.45, 2.75) is 13.5 Å². The van der Waals surface area contributed by atoms with Crippen LogP contribution in [0.25, 0.3) is 5.69 Å². The van der Waals surface area contributed by atoms with Crippen molar-refractivity contribution in [1.82, 2.24) is 14.8 Å². The Hall–Kier alpha value is -2.62. The second-order valence-electron chi connectivity index (χ2n) is 4.50. The number of ether oxygens (including phenoxy) is 1. The van der Waals surface area contributed by atoms with Crippen LogP contribution in [0.4, 0.5) is 0 Å². The zero-order valence-corrected chi connectivity index (χ0v) is 11.2. The van der Waals surface area contributed by atoms with E-state index in [9.17, 15) is 0 Å². The first-order valence-electron chi connectivity index (χ1n) is 6.47. The fourth-order valence-electron chi connectivity index (χ4n) is 1.91. The lowest BCUT2D eigenvalue weighted by atomic mass is 10.2. The van der Waals surface area contributed by atoms with Crippen LogP contribution in [0.5, 0.6) is 5.75 Å².